The standard InChI is InChI=1S/C21H16F5N.C2H6/c1-12-8-16(14-6-4-3-5-7-14)21(27(13(12)2)11-19(25)26)20-17(23)9-15(22)10-18(20)24;1-2/h3-10,19H,2,11H2,1H3;1-2H3. The lowest BCUT2D eigenvalue weighted by atomic mass is 9.91. The molecule has 0 bridgehead atoms. The first-order valence-electron chi connectivity index (χ1n) is 9.17. The fourth-order valence-corrected chi connectivity index (χ4v) is 3.08. The van der Waals surface area contributed by atoms with Crippen molar-refractivity contribution in [3.05, 3.63) is 95.0 Å². The number of nitrogens with zero attached hydrogens (tertiary/aromatic N) is 1. The predicted octanol–water partition coefficient (Wildman–Crippen LogP) is 7.04. The van der Waals surface area contributed by atoms with Gasteiger partial charge in [-0.3, -0.25) is 0 Å². The number of hydrogen-bond acceptors (Lipinski definition) is 1. The summed E-state index contributed by atoms with van der Waals surface area (Å²) in [6.07, 6.45) is -1.14. The third-order valence-corrected chi connectivity index (χ3v) is 4.32. The van der Waals surface area contributed by atoms with E-state index in [2.05, 4.69) is 6.58 Å². The van der Waals surface area contributed by atoms with Gasteiger partial charge in [0.2, 0.25) is 0 Å². The zero-order valence-corrected chi connectivity index (χ0v) is 16.4. The monoisotopic (exact) mass is 407 g/mol. The number of allylic oxidation sites excluding steroid dienone is 3. The Balaban J connectivity index is 0.00000145. The molecule has 0 unspecified atom stereocenters. The molecule has 1 aliphatic heterocycles. The highest BCUT2D eigenvalue weighted by Gasteiger charge is 2.30. The summed E-state index contributed by atoms with van der Waals surface area (Å²) in [6, 6.07) is 9.67. The summed E-state index contributed by atoms with van der Waals surface area (Å²) in [5.74, 6) is -3.43. The van der Waals surface area contributed by atoms with Gasteiger partial charge in [0, 0.05) is 23.4 Å². The van der Waals surface area contributed by atoms with Gasteiger partial charge in [-0.05, 0) is 24.1 Å². The van der Waals surface area contributed by atoms with Crippen molar-refractivity contribution >= 4 is 11.3 Å². The molecule has 0 amide bonds. The van der Waals surface area contributed by atoms with Gasteiger partial charge in [-0.25, -0.2) is 22.0 Å². The van der Waals surface area contributed by atoms with Crippen LogP contribution < -0.4 is 0 Å². The molecule has 0 fully saturated rings. The molecule has 2 aromatic carbocycles. The van der Waals surface area contributed by atoms with Crippen molar-refractivity contribution in [3.63, 3.8) is 0 Å². The number of halogens is 5. The molecule has 154 valence electrons. The molecule has 0 aliphatic carbocycles. The molecule has 0 saturated heterocycles. The van der Waals surface area contributed by atoms with Gasteiger partial charge in [0.25, 0.3) is 6.43 Å². The van der Waals surface area contributed by atoms with Gasteiger partial charge in [-0.1, -0.05) is 50.8 Å². The van der Waals surface area contributed by atoms with Crippen molar-refractivity contribution in [2.24, 2.45) is 0 Å². The third kappa shape index (κ3) is 4.75. The Morgan fingerprint density at radius 3 is 2.03 bits per heavy atom. The van der Waals surface area contributed by atoms with Crippen LogP contribution in [0.5, 0.6) is 0 Å². The van der Waals surface area contributed by atoms with Crippen molar-refractivity contribution in [1.29, 1.82) is 0 Å². The Bertz CT molecular complexity index is 922. The molecule has 0 aromatic heterocycles. The summed E-state index contributed by atoms with van der Waals surface area (Å²) >= 11 is 0. The Morgan fingerprint density at radius 1 is 0.966 bits per heavy atom. The molecule has 29 heavy (non-hydrogen) atoms. The van der Waals surface area contributed by atoms with E-state index < -0.39 is 36.0 Å². The van der Waals surface area contributed by atoms with Gasteiger partial charge >= 0.3 is 0 Å². The van der Waals surface area contributed by atoms with E-state index in [1.807, 2.05) is 13.8 Å². The second kappa shape index (κ2) is 9.54. The van der Waals surface area contributed by atoms with Gasteiger partial charge in [0.05, 0.1) is 17.8 Å². The van der Waals surface area contributed by atoms with Gasteiger partial charge in [0.15, 0.2) is 0 Å². The van der Waals surface area contributed by atoms with Crippen LogP contribution in [0.1, 0.15) is 31.9 Å². The van der Waals surface area contributed by atoms with E-state index in [4.69, 9.17) is 0 Å². The predicted molar refractivity (Wildman–Crippen MR) is 107 cm³/mol. The fraction of sp³-hybridized carbons (Fsp3) is 0.217. The highest BCUT2D eigenvalue weighted by Crippen LogP contribution is 2.41. The maximum absolute atomic E-state index is 14.5. The first-order valence-corrected chi connectivity index (χ1v) is 9.17. The van der Waals surface area contributed by atoms with Crippen LogP contribution in [0, 0.1) is 17.5 Å². The number of rotatable bonds is 4. The Hall–Kier alpha value is -2.89. The molecule has 3 rings (SSSR count). The zero-order valence-electron chi connectivity index (χ0n) is 16.4. The highest BCUT2D eigenvalue weighted by atomic mass is 19.3. The second-order valence-corrected chi connectivity index (χ2v) is 6.15. The Morgan fingerprint density at radius 2 is 1.52 bits per heavy atom. The van der Waals surface area contributed by atoms with Gasteiger partial charge in [-0.2, -0.15) is 0 Å². The highest BCUT2D eigenvalue weighted by molar-refractivity contribution is 5.97. The first kappa shape index (κ1) is 22.4. The normalized spacial score (nSPS) is 14.0. The van der Waals surface area contributed by atoms with E-state index in [0.717, 1.165) is 4.90 Å². The van der Waals surface area contributed by atoms with Crippen molar-refractivity contribution in [3.8, 4) is 0 Å². The minimum atomic E-state index is -2.77. The van der Waals surface area contributed by atoms with E-state index in [9.17, 15) is 22.0 Å². The van der Waals surface area contributed by atoms with Crippen LogP contribution in [0.25, 0.3) is 11.3 Å². The van der Waals surface area contributed by atoms with Crippen LogP contribution in [0.3, 0.4) is 0 Å². The number of alkyl halides is 2. The summed E-state index contributed by atoms with van der Waals surface area (Å²) in [5, 5.41) is 0. The minimum absolute atomic E-state index is 0.105. The maximum Gasteiger partial charge on any atom is 0.256 e. The average Bonchev–Trinajstić information content (AvgIpc) is 2.68. The van der Waals surface area contributed by atoms with Crippen LogP contribution in [0.15, 0.2) is 66.4 Å². The van der Waals surface area contributed by atoms with E-state index in [1.165, 1.54) is 0 Å². The molecule has 0 atom stereocenters. The summed E-state index contributed by atoms with van der Waals surface area (Å²) in [5.41, 5.74) is 1.05. The molecular formula is C23H22F5N. The Labute approximate surface area is 167 Å². The van der Waals surface area contributed by atoms with E-state index >= 15 is 0 Å². The molecule has 1 nitrogen and oxygen atoms in total. The summed E-state index contributed by atoms with van der Waals surface area (Å²) < 4.78 is 68.9. The quantitative estimate of drug-likeness (QED) is 0.492. The largest absolute Gasteiger partial charge is 0.335 e. The van der Waals surface area contributed by atoms with Crippen molar-refractivity contribution in [2.45, 2.75) is 27.2 Å². The van der Waals surface area contributed by atoms with Gasteiger partial charge in [-0.15, -0.1) is 0 Å². The summed E-state index contributed by atoms with van der Waals surface area (Å²) in [4.78, 5) is 1.09. The molecular weight excluding hydrogens is 385 g/mol. The zero-order chi connectivity index (χ0) is 21.7. The smallest absolute Gasteiger partial charge is 0.256 e. The molecule has 2 aromatic rings. The number of hydrogen-bond donors (Lipinski definition) is 0. The molecule has 0 N–H and O–H groups in total. The van der Waals surface area contributed by atoms with Crippen molar-refractivity contribution in [1.82, 2.24) is 4.90 Å². The third-order valence-electron chi connectivity index (χ3n) is 4.32. The van der Waals surface area contributed by atoms with Crippen LogP contribution in [0.2, 0.25) is 0 Å². The van der Waals surface area contributed by atoms with Crippen LogP contribution in [0.4, 0.5) is 22.0 Å². The minimum Gasteiger partial charge on any atom is -0.335 e. The lowest BCUT2D eigenvalue weighted by Gasteiger charge is -2.35. The molecule has 1 heterocycles. The van der Waals surface area contributed by atoms with E-state index in [-0.39, 0.29) is 11.4 Å². The fourth-order valence-electron chi connectivity index (χ4n) is 3.08. The first-order chi connectivity index (χ1) is 13.8. The topological polar surface area (TPSA) is 3.24 Å². The lowest BCUT2D eigenvalue weighted by molar-refractivity contribution is 0.123. The summed E-state index contributed by atoms with van der Waals surface area (Å²) in [6.45, 7) is 8.66. The lowest BCUT2D eigenvalue weighted by Crippen LogP contribution is -2.30. The van der Waals surface area contributed by atoms with Crippen molar-refractivity contribution < 1.29 is 22.0 Å². The van der Waals surface area contributed by atoms with Gasteiger partial charge in [0.1, 0.15) is 17.5 Å². The SMILES string of the molecule is C=C1C(C)=CC(c2ccccc2)=C(c2c(F)cc(F)cc2F)N1CC(F)F.CC. The van der Waals surface area contributed by atoms with Crippen LogP contribution in [-0.2, 0) is 0 Å². The van der Waals surface area contributed by atoms with Crippen LogP contribution in [-0.4, -0.2) is 17.9 Å². The summed E-state index contributed by atoms with van der Waals surface area (Å²) in [7, 11) is 0. The molecule has 0 spiro atoms. The maximum atomic E-state index is 14.5. The molecule has 0 radical (unpaired) electrons. The molecule has 1 aliphatic rings. The van der Waals surface area contributed by atoms with Crippen LogP contribution >= 0.6 is 0 Å². The Kier molecular flexibility index (Phi) is 7.37. The molecule has 6 heteroatoms. The average molecular weight is 407 g/mol. The molecule has 0 saturated carbocycles. The van der Waals surface area contributed by atoms with E-state index in [0.29, 0.717) is 28.8 Å². The number of benzene rings is 2. The van der Waals surface area contributed by atoms with Crippen molar-refractivity contribution in [2.75, 3.05) is 6.54 Å². The second-order valence-electron chi connectivity index (χ2n) is 6.15. The van der Waals surface area contributed by atoms with E-state index in [1.54, 1.807) is 43.3 Å². The van der Waals surface area contributed by atoms with Gasteiger partial charge < -0.3 is 4.90 Å².